The molecule has 1 aromatic rings. The number of carboxylic acids is 1. The number of anilines is 1. The van der Waals surface area contributed by atoms with Crippen molar-refractivity contribution in [1.29, 1.82) is 0 Å². The third kappa shape index (κ3) is 4.76. The second kappa shape index (κ2) is 7.33. The third-order valence-electron chi connectivity index (χ3n) is 3.14. The maximum atomic E-state index is 11.7. The van der Waals surface area contributed by atoms with Gasteiger partial charge in [0.2, 0.25) is 5.91 Å². The number of aliphatic carboxylic acids is 1. The summed E-state index contributed by atoms with van der Waals surface area (Å²) < 4.78 is 0. The first-order chi connectivity index (χ1) is 9.43. The van der Waals surface area contributed by atoms with Crippen LogP contribution in [0.3, 0.4) is 0 Å². The smallest absolute Gasteiger partial charge is 0.326 e. The van der Waals surface area contributed by atoms with Crippen LogP contribution in [0.4, 0.5) is 5.69 Å². The van der Waals surface area contributed by atoms with E-state index in [4.69, 9.17) is 10.8 Å². The largest absolute Gasteiger partial charge is 0.480 e. The van der Waals surface area contributed by atoms with Crippen molar-refractivity contribution in [2.75, 3.05) is 5.73 Å². The number of hydrogen-bond donors (Lipinski definition) is 3. The minimum Gasteiger partial charge on any atom is -0.480 e. The first-order valence-electron chi connectivity index (χ1n) is 6.51. The minimum atomic E-state index is -1.02. The molecule has 0 aromatic heterocycles. The van der Waals surface area contributed by atoms with E-state index in [9.17, 15) is 9.59 Å². The van der Waals surface area contributed by atoms with Crippen LogP contribution in [0.1, 0.15) is 25.8 Å². The van der Waals surface area contributed by atoms with Gasteiger partial charge in [-0.2, -0.15) is 0 Å². The molecule has 0 spiro atoms. The van der Waals surface area contributed by atoms with Crippen molar-refractivity contribution in [2.45, 2.75) is 26.3 Å². The highest BCUT2D eigenvalue weighted by molar-refractivity contribution is 5.94. The quantitative estimate of drug-likeness (QED) is 0.546. The van der Waals surface area contributed by atoms with E-state index in [1.54, 1.807) is 37.3 Å². The number of amides is 1. The summed E-state index contributed by atoms with van der Waals surface area (Å²) in [6.07, 6.45) is 3.62. The average Bonchev–Trinajstić information content (AvgIpc) is 2.43. The van der Waals surface area contributed by atoms with Crippen LogP contribution < -0.4 is 11.1 Å². The molecule has 108 valence electrons. The lowest BCUT2D eigenvalue weighted by molar-refractivity contribution is -0.142. The van der Waals surface area contributed by atoms with Crippen molar-refractivity contribution in [2.24, 2.45) is 5.92 Å². The predicted octanol–water partition coefficient (Wildman–Crippen LogP) is 1.90. The van der Waals surface area contributed by atoms with Crippen LogP contribution in [0.25, 0.3) is 6.08 Å². The lowest BCUT2D eigenvalue weighted by atomic mass is 9.99. The first-order valence-corrected chi connectivity index (χ1v) is 6.51. The number of carboxylic acid groups (broad SMARTS) is 1. The van der Waals surface area contributed by atoms with E-state index < -0.39 is 17.9 Å². The Balaban J connectivity index is 2.66. The number of hydrogen-bond acceptors (Lipinski definition) is 3. The van der Waals surface area contributed by atoms with Gasteiger partial charge in [-0.15, -0.1) is 0 Å². The third-order valence-corrected chi connectivity index (χ3v) is 3.14. The average molecular weight is 276 g/mol. The normalized spacial score (nSPS) is 13.9. The molecule has 2 unspecified atom stereocenters. The maximum absolute atomic E-state index is 11.7. The molecule has 4 N–H and O–H groups in total. The van der Waals surface area contributed by atoms with Gasteiger partial charge in [-0.3, -0.25) is 4.79 Å². The van der Waals surface area contributed by atoms with Crippen LogP contribution in [-0.4, -0.2) is 23.0 Å². The van der Waals surface area contributed by atoms with E-state index in [1.165, 1.54) is 6.08 Å². The van der Waals surface area contributed by atoms with Gasteiger partial charge < -0.3 is 16.2 Å². The Labute approximate surface area is 118 Å². The summed E-state index contributed by atoms with van der Waals surface area (Å²) in [7, 11) is 0. The van der Waals surface area contributed by atoms with Crippen molar-refractivity contribution in [3.8, 4) is 0 Å². The standard InChI is InChI=1S/C15H20N2O3/c1-3-10(2)14(15(19)20)17-13(18)9-6-11-4-7-12(16)8-5-11/h4-10,14H,3,16H2,1-2H3,(H,17,18)(H,19,20)/b9-6+. The maximum Gasteiger partial charge on any atom is 0.326 e. The lowest BCUT2D eigenvalue weighted by Gasteiger charge is -2.19. The Morgan fingerprint density at radius 2 is 1.95 bits per heavy atom. The summed E-state index contributed by atoms with van der Waals surface area (Å²) in [4.78, 5) is 22.8. The van der Waals surface area contributed by atoms with Gasteiger partial charge in [-0.25, -0.2) is 4.79 Å². The van der Waals surface area contributed by atoms with E-state index >= 15 is 0 Å². The molecular weight excluding hydrogens is 256 g/mol. The molecule has 0 fully saturated rings. The number of carbonyl (C=O) groups is 2. The Morgan fingerprint density at radius 3 is 2.45 bits per heavy atom. The molecule has 0 aliphatic rings. The monoisotopic (exact) mass is 276 g/mol. The van der Waals surface area contributed by atoms with E-state index in [-0.39, 0.29) is 5.92 Å². The summed E-state index contributed by atoms with van der Waals surface area (Å²) >= 11 is 0. The fourth-order valence-corrected chi connectivity index (χ4v) is 1.66. The van der Waals surface area contributed by atoms with Gasteiger partial charge >= 0.3 is 5.97 Å². The minimum absolute atomic E-state index is 0.124. The Bertz CT molecular complexity index is 494. The van der Waals surface area contributed by atoms with Crippen molar-refractivity contribution < 1.29 is 14.7 Å². The Hall–Kier alpha value is -2.30. The molecule has 1 rings (SSSR count). The van der Waals surface area contributed by atoms with Crippen LogP contribution in [0.5, 0.6) is 0 Å². The number of nitrogens with one attached hydrogen (secondary N) is 1. The highest BCUT2D eigenvalue weighted by atomic mass is 16.4. The molecule has 0 aliphatic carbocycles. The van der Waals surface area contributed by atoms with Crippen molar-refractivity contribution in [1.82, 2.24) is 5.32 Å². The molecule has 0 heterocycles. The predicted molar refractivity (Wildman–Crippen MR) is 78.9 cm³/mol. The highest BCUT2D eigenvalue weighted by Gasteiger charge is 2.24. The molecule has 0 saturated heterocycles. The lowest BCUT2D eigenvalue weighted by Crippen LogP contribution is -2.44. The van der Waals surface area contributed by atoms with Crippen LogP contribution in [-0.2, 0) is 9.59 Å². The molecule has 0 aliphatic heterocycles. The van der Waals surface area contributed by atoms with Crippen LogP contribution in [0, 0.1) is 5.92 Å². The molecule has 0 bridgehead atoms. The molecule has 1 aromatic carbocycles. The van der Waals surface area contributed by atoms with Gasteiger partial charge in [0.1, 0.15) is 6.04 Å². The van der Waals surface area contributed by atoms with Gasteiger partial charge in [0.15, 0.2) is 0 Å². The number of benzene rings is 1. The molecule has 5 nitrogen and oxygen atoms in total. The molecule has 0 radical (unpaired) electrons. The summed E-state index contributed by atoms with van der Waals surface area (Å²) in [6.45, 7) is 3.68. The zero-order chi connectivity index (χ0) is 15.1. The second-order valence-corrected chi connectivity index (χ2v) is 4.71. The van der Waals surface area contributed by atoms with Gasteiger partial charge in [-0.1, -0.05) is 32.4 Å². The first kappa shape index (κ1) is 15.8. The van der Waals surface area contributed by atoms with Gasteiger partial charge in [-0.05, 0) is 29.7 Å². The summed E-state index contributed by atoms with van der Waals surface area (Å²) in [5.74, 6) is -1.57. The summed E-state index contributed by atoms with van der Waals surface area (Å²) in [5.41, 5.74) is 7.03. The summed E-state index contributed by atoms with van der Waals surface area (Å²) in [6, 6.07) is 6.15. The van der Waals surface area contributed by atoms with Gasteiger partial charge in [0, 0.05) is 11.8 Å². The molecule has 1 amide bonds. The molecular formula is C15H20N2O3. The van der Waals surface area contributed by atoms with Crippen LogP contribution in [0.15, 0.2) is 30.3 Å². The van der Waals surface area contributed by atoms with E-state index in [2.05, 4.69) is 5.32 Å². The van der Waals surface area contributed by atoms with Gasteiger partial charge in [0.05, 0.1) is 0 Å². The number of rotatable bonds is 6. The SMILES string of the molecule is CCC(C)C(NC(=O)/C=C/c1ccc(N)cc1)C(=O)O. The molecule has 2 atom stereocenters. The fourth-order valence-electron chi connectivity index (χ4n) is 1.66. The zero-order valence-electron chi connectivity index (χ0n) is 11.7. The molecule has 0 saturated carbocycles. The van der Waals surface area contributed by atoms with E-state index in [0.717, 1.165) is 5.56 Å². The second-order valence-electron chi connectivity index (χ2n) is 4.71. The van der Waals surface area contributed by atoms with Crippen LogP contribution in [0.2, 0.25) is 0 Å². The Morgan fingerprint density at radius 1 is 1.35 bits per heavy atom. The zero-order valence-corrected chi connectivity index (χ0v) is 11.7. The number of nitrogens with two attached hydrogens (primary N) is 1. The van der Waals surface area contributed by atoms with Crippen LogP contribution >= 0.6 is 0 Å². The summed E-state index contributed by atoms with van der Waals surface area (Å²) in [5, 5.41) is 11.6. The molecule has 20 heavy (non-hydrogen) atoms. The Kier molecular flexibility index (Phi) is 5.77. The van der Waals surface area contributed by atoms with E-state index in [0.29, 0.717) is 12.1 Å². The number of nitrogen functional groups attached to an aromatic ring is 1. The van der Waals surface area contributed by atoms with Crippen molar-refractivity contribution in [3.63, 3.8) is 0 Å². The topological polar surface area (TPSA) is 92.4 Å². The van der Waals surface area contributed by atoms with E-state index in [1.807, 2.05) is 6.92 Å². The van der Waals surface area contributed by atoms with Gasteiger partial charge in [0.25, 0.3) is 0 Å². The van der Waals surface area contributed by atoms with Crippen molar-refractivity contribution in [3.05, 3.63) is 35.9 Å². The highest BCUT2D eigenvalue weighted by Crippen LogP contribution is 2.09. The van der Waals surface area contributed by atoms with Crippen molar-refractivity contribution >= 4 is 23.6 Å². The fraction of sp³-hybridized carbons (Fsp3) is 0.333. The number of carbonyl (C=O) groups excluding carboxylic acids is 1. The molecule has 5 heteroatoms.